The van der Waals surface area contributed by atoms with Crippen molar-refractivity contribution in [2.45, 2.75) is 186 Å². The molecular weight excluding hydrogens is 1210 g/mol. The molecule has 0 aromatic heterocycles. The van der Waals surface area contributed by atoms with Crippen LogP contribution in [0.3, 0.4) is 0 Å². The summed E-state index contributed by atoms with van der Waals surface area (Å²) in [5.74, 6) is -11.7. The molecule has 16 N–H and O–H groups in total. The fourth-order valence-corrected chi connectivity index (χ4v) is 11.2. The molecule has 2 saturated heterocycles. The molecule has 0 spiro atoms. The van der Waals surface area contributed by atoms with Crippen LogP contribution in [0, 0.1) is 17.8 Å². The number of carbonyl (C=O) groups excluding carboxylic acids is 10. The van der Waals surface area contributed by atoms with Crippen LogP contribution >= 0.6 is 0 Å². The van der Waals surface area contributed by atoms with Crippen molar-refractivity contribution < 1.29 is 67.7 Å². The van der Waals surface area contributed by atoms with E-state index in [0.717, 1.165) is 5.56 Å². The van der Waals surface area contributed by atoms with Crippen molar-refractivity contribution in [1.82, 2.24) is 52.3 Å². The van der Waals surface area contributed by atoms with Gasteiger partial charge in [-0.2, -0.15) is 0 Å². The summed E-state index contributed by atoms with van der Waals surface area (Å²) >= 11 is 0. The SMILES string of the molecule is CC(C)[C@H](NC(=O)[C@H](CCC(=O)O)NC(=O)[C@@H]1CCCN1C(=O)[C@H](Cc1ccccc1)NC(=O)[C@@H]1CCCN1C(=O)[C@H](C)NC(=O)[C@@H](NC(=O)[C@@H](NC(=O)[C@@H](N)Cc1ccccc1)C(C)C)C(C)C)C(=O)N[C@@H](Cc1ccccc1)C(=O)N[C@@H](CCCN=C(N)N)C(=O)O. The Labute approximate surface area is 547 Å². The van der Waals surface area contributed by atoms with Crippen LogP contribution in [0.1, 0.15) is 117 Å². The minimum atomic E-state index is -1.58. The topological polar surface area (TPSA) is 438 Å². The Morgan fingerprint density at radius 2 is 0.883 bits per heavy atom. The molecule has 2 aliphatic rings. The summed E-state index contributed by atoms with van der Waals surface area (Å²) in [5.41, 5.74) is 19.1. The summed E-state index contributed by atoms with van der Waals surface area (Å²) < 4.78 is 0. The molecule has 11 atom stereocenters. The molecule has 3 aromatic carbocycles. The summed E-state index contributed by atoms with van der Waals surface area (Å²) in [6.07, 6.45) is 0.154. The van der Waals surface area contributed by atoms with E-state index in [4.69, 9.17) is 17.2 Å². The first-order valence-electron chi connectivity index (χ1n) is 32.0. The number of carboxylic acid groups (broad SMARTS) is 2. The van der Waals surface area contributed by atoms with Gasteiger partial charge in [-0.15, -0.1) is 0 Å². The Kier molecular flexibility index (Phi) is 29.4. The molecule has 2 aliphatic heterocycles. The van der Waals surface area contributed by atoms with Gasteiger partial charge in [0, 0.05) is 38.9 Å². The molecule has 3 aromatic rings. The van der Waals surface area contributed by atoms with Gasteiger partial charge in [-0.25, -0.2) is 4.79 Å². The Balaban J connectivity index is 1.28. The quantitative estimate of drug-likeness (QED) is 0.0208. The lowest BCUT2D eigenvalue weighted by Crippen LogP contribution is -2.61. The Bertz CT molecular complexity index is 3130. The third-order valence-electron chi connectivity index (χ3n) is 16.4. The summed E-state index contributed by atoms with van der Waals surface area (Å²) in [6.45, 7) is 11.8. The minimum absolute atomic E-state index is 0.0430. The summed E-state index contributed by atoms with van der Waals surface area (Å²) in [5, 5.41) is 41.1. The smallest absolute Gasteiger partial charge is 0.326 e. The Morgan fingerprint density at radius 1 is 0.479 bits per heavy atom. The van der Waals surface area contributed by atoms with Crippen molar-refractivity contribution in [3.63, 3.8) is 0 Å². The molecule has 10 amide bonds. The van der Waals surface area contributed by atoms with Gasteiger partial charge in [0.15, 0.2) is 5.96 Å². The highest BCUT2D eigenvalue weighted by Gasteiger charge is 2.43. The molecule has 2 fully saturated rings. The number of nitrogens with zero attached hydrogens (tertiary/aromatic N) is 3. The van der Waals surface area contributed by atoms with Crippen LogP contribution in [-0.2, 0) is 76.8 Å². The van der Waals surface area contributed by atoms with Crippen LogP contribution in [0.25, 0.3) is 0 Å². The van der Waals surface area contributed by atoms with Gasteiger partial charge in [-0.1, -0.05) is 133 Å². The van der Waals surface area contributed by atoms with E-state index < -0.39 is 168 Å². The van der Waals surface area contributed by atoms with E-state index in [0.29, 0.717) is 24.0 Å². The number of amides is 10. The van der Waals surface area contributed by atoms with Crippen LogP contribution in [-0.4, -0.2) is 183 Å². The maximum absolute atomic E-state index is 14.9. The molecule has 5 rings (SSSR count). The average molecular weight is 1310 g/mol. The average Bonchev–Trinajstić information content (AvgIpc) is 1.60. The lowest BCUT2D eigenvalue weighted by atomic mass is 9.98. The van der Waals surface area contributed by atoms with Crippen molar-refractivity contribution >= 4 is 77.0 Å². The van der Waals surface area contributed by atoms with Crippen molar-refractivity contribution in [3.05, 3.63) is 108 Å². The van der Waals surface area contributed by atoms with Crippen LogP contribution in [0.2, 0.25) is 0 Å². The molecule has 94 heavy (non-hydrogen) atoms. The number of nitrogens with one attached hydrogen (secondary N) is 8. The van der Waals surface area contributed by atoms with Gasteiger partial charge < -0.3 is 79.7 Å². The number of carboxylic acids is 2. The van der Waals surface area contributed by atoms with Crippen LogP contribution < -0.4 is 59.7 Å². The normalized spacial score (nSPS) is 17.4. The van der Waals surface area contributed by atoms with Crippen LogP contribution in [0.5, 0.6) is 0 Å². The molecule has 28 heteroatoms. The lowest BCUT2D eigenvalue weighted by Gasteiger charge is -2.32. The molecule has 0 aliphatic carbocycles. The second kappa shape index (κ2) is 36.7. The van der Waals surface area contributed by atoms with Crippen molar-refractivity contribution in [1.29, 1.82) is 0 Å². The summed E-state index contributed by atoms with van der Waals surface area (Å²) in [7, 11) is 0. The predicted octanol–water partition coefficient (Wildman–Crippen LogP) is -0.107. The number of hydrogen-bond donors (Lipinski definition) is 13. The van der Waals surface area contributed by atoms with Gasteiger partial charge in [0.2, 0.25) is 59.1 Å². The van der Waals surface area contributed by atoms with Crippen molar-refractivity contribution in [2.24, 2.45) is 39.9 Å². The highest BCUT2D eigenvalue weighted by atomic mass is 16.4. The number of rotatable bonds is 35. The first-order valence-corrected chi connectivity index (χ1v) is 32.0. The number of benzene rings is 3. The number of guanidine groups is 1. The molecule has 28 nitrogen and oxygen atoms in total. The first-order chi connectivity index (χ1) is 44.6. The summed E-state index contributed by atoms with van der Waals surface area (Å²) in [6, 6.07) is 12.7. The fourth-order valence-electron chi connectivity index (χ4n) is 11.2. The predicted molar refractivity (Wildman–Crippen MR) is 348 cm³/mol. The second-order valence-electron chi connectivity index (χ2n) is 24.9. The zero-order valence-corrected chi connectivity index (χ0v) is 54.5. The molecule has 0 unspecified atom stereocenters. The standard InChI is InChI=1S/C66H94N14O14/c1-37(2)52(78-62(90)54(39(5)6)76-55(83)44(67)34-41-20-11-8-12-21-41)60(88)71-40(7)63(91)79-32-18-27-49(79)59(87)75-48(36-43-24-15-10-16-25-43)64(92)80-33-19-28-50(80)58(86)72-45(29-30-51(81)82)56(84)77-53(38(3)4)61(89)74-47(35-42-22-13-9-14-23-42)57(85)73-46(65(93)94)26-17-31-70-66(68)69/h8-16,20-25,37-40,44-50,52-54H,17-19,26-36,67H2,1-7H3,(H,71,88)(H,72,86)(H,73,85)(H,74,89)(H,75,87)(H,76,83)(H,77,84)(H,78,90)(H,81,82)(H,93,94)(H4,68,69,70)/t40-,44-,45-,46-,47-,48-,49-,50-,52-,53-,54-/m0/s1. The molecule has 0 bridgehead atoms. The Morgan fingerprint density at radius 3 is 1.35 bits per heavy atom. The summed E-state index contributed by atoms with van der Waals surface area (Å²) in [4.78, 5) is 172. The van der Waals surface area contributed by atoms with E-state index in [1.807, 2.05) is 30.3 Å². The van der Waals surface area contributed by atoms with E-state index in [-0.39, 0.29) is 70.5 Å². The zero-order chi connectivity index (χ0) is 69.3. The highest BCUT2D eigenvalue weighted by molar-refractivity contribution is 5.99. The van der Waals surface area contributed by atoms with Gasteiger partial charge in [-0.05, 0) is 92.7 Å². The van der Waals surface area contributed by atoms with E-state index in [1.165, 1.54) is 16.7 Å². The van der Waals surface area contributed by atoms with Gasteiger partial charge in [0.05, 0.1) is 6.04 Å². The van der Waals surface area contributed by atoms with Crippen LogP contribution in [0.4, 0.5) is 0 Å². The number of likely N-dealkylation sites (tertiary alicyclic amines) is 2. The van der Waals surface area contributed by atoms with E-state index >= 15 is 0 Å². The maximum atomic E-state index is 14.9. The van der Waals surface area contributed by atoms with Crippen molar-refractivity contribution in [2.75, 3.05) is 19.6 Å². The van der Waals surface area contributed by atoms with E-state index in [1.54, 1.807) is 102 Å². The third-order valence-corrected chi connectivity index (χ3v) is 16.4. The largest absolute Gasteiger partial charge is 0.481 e. The molecule has 0 radical (unpaired) electrons. The molecule has 2 heterocycles. The van der Waals surface area contributed by atoms with E-state index in [2.05, 4.69) is 47.5 Å². The third kappa shape index (κ3) is 23.0. The minimum Gasteiger partial charge on any atom is -0.481 e. The number of carbonyl (C=O) groups is 12. The van der Waals surface area contributed by atoms with Gasteiger partial charge in [0.1, 0.15) is 60.4 Å². The zero-order valence-electron chi connectivity index (χ0n) is 54.5. The lowest BCUT2D eigenvalue weighted by molar-refractivity contribution is -0.144. The second-order valence-corrected chi connectivity index (χ2v) is 24.9. The number of nitrogens with two attached hydrogens (primary N) is 3. The van der Waals surface area contributed by atoms with Gasteiger partial charge in [0.25, 0.3) is 0 Å². The number of hydrogen-bond acceptors (Lipinski definition) is 14. The van der Waals surface area contributed by atoms with Crippen LogP contribution in [0.15, 0.2) is 96.0 Å². The maximum Gasteiger partial charge on any atom is 0.326 e. The van der Waals surface area contributed by atoms with E-state index in [9.17, 15) is 67.7 Å². The fraction of sp³-hybridized carbons (Fsp3) is 0.530. The number of aliphatic carboxylic acids is 2. The highest BCUT2D eigenvalue weighted by Crippen LogP contribution is 2.24. The molecular formula is C66H94N14O14. The molecule has 0 saturated carbocycles. The first kappa shape index (κ1) is 75.3. The number of aliphatic imine (C=N–C) groups is 1. The monoisotopic (exact) mass is 1310 g/mol. The van der Waals surface area contributed by atoms with Gasteiger partial charge in [-0.3, -0.25) is 57.7 Å². The van der Waals surface area contributed by atoms with Crippen molar-refractivity contribution in [3.8, 4) is 0 Å². The van der Waals surface area contributed by atoms with Gasteiger partial charge >= 0.3 is 11.9 Å². The Hall–Kier alpha value is -9.47. The molecule has 512 valence electrons.